The smallest absolute Gasteiger partial charge is 0.221 e. The Kier molecular flexibility index (Phi) is 19.3. The van der Waals surface area contributed by atoms with E-state index in [9.17, 15) is 9.59 Å². The van der Waals surface area contributed by atoms with E-state index in [0.717, 1.165) is 90.9 Å². The molecule has 200 valence electrons. The summed E-state index contributed by atoms with van der Waals surface area (Å²) in [6, 6.07) is 0. The molecular weight excluding hydrogens is 464 g/mol. The van der Waals surface area contributed by atoms with Crippen LogP contribution >= 0.6 is 25.3 Å². The Labute approximate surface area is 220 Å². The molecule has 0 spiro atoms. The van der Waals surface area contributed by atoms with Gasteiger partial charge in [0.15, 0.2) is 0 Å². The van der Waals surface area contributed by atoms with E-state index in [2.05, 4.69) is 59.5 Å². The maximum Gasteiger partial charge on any atom is 0.221 e. The fourth-order valence-electron chi connectivity index (χ4n) is 4.33. The zero-order chi connectivity index (χ0) is 25.0. The molecule has 2 atom stereocenters. The van der Waals surface area contributed by atoms with Crippen molar-refractivity contribution in [3.05, 3.63) is 0 Å². The lowest BCUT2D eigenvalue weighted by Crippen LogP contribution is -2.47. The highest BCUT2D eigenvalue weighted by atomic mass is 32.1. The van der Waals surface area contributed by atoms with Crippen LogP contribution in [0.5, 0.6) is 0 Å². The Morgan fingerprint density at radius 1 is 0.676 bits per heavy atom. The number of nitrogens with one attached hydrogen (secondary N) is 2. The minimum atomic E-state index is 0.134. The molecule has 0 aliphatic carbocycles. The first-order valence-corrected chi connectivity index (χ1v) is 14.8. The van der Waals surface area contributed by atoms with Gasteiger partial charge in [-0.3, -0.25) is 9.59 Å². The monoisotopic (exact) mass is 516 g/mol. The first-order chi connectivity index (χ1) is 16.4. The fraction of sp³-hybridized carbons (Fsp3) is 0.923. The van der Waals surface area contributed by atoms with E-state index in [-0.39, 0.29) is 22.3 Å². The fourth-order valence-corrected chi connectivity index (χ4v) is 5.03. The summed E-state index contributed by atoms with van der Waals surface area (Å²) in [4.78, 5) is 29.1. The molecule has 2 unspecified atom stereocenters. The molecule has 6 nitrogen and oxygen atoms in total. The third kappa shape index (κ3) is 17.1. The van der Waals surface area contributed by atoms with E-state index in [4.69, 9.17) is 0 Å². The van der Waals surface area contributed by atoms with E-state index < -0.39 is 0 Å². The number of rotatable bonds is 20. The summed E-state index contributed by atoms with van der Waals surface area (Å²) >= 11 is 9.10. The predicted octanol–water partition coefficient (Wildman–Crippen LogP) is 4.15. The van der Waals surface area contributed by atoms with Crippen molar-refractivity contribution in [2.75, 3.05) is 52.4 Å². The maximum atomic E-state index is 12.0. The maximum absolute atomic E-state index is 12.0. The van der Waals surface area contributed by atoms with Gasteiger partial charge in [-0.1, -0.05) is 52.4 Å². The van der Waals surface area contributed by atoms with Crippen LogP contribution in [0.15, 0.2) is 0 Å². The molecule has 8 heteroatoms. The van der Waals surface area contributed by atoms with Crippen molar-refractivity contribution < 1.29 is 9.59 Å². The molecule has 1 fully saturated rings. The van der Waals surface area contributed by atoms with Crippen LogP contribution in [0.3, 0.4) is 0 Å². The van der Waals surface area contributed by atoms with Gasteiger partial charge in [0, 0.05) is 62.6 Å². The van der Waals surface area contributed by atoms with Gasteiger partial charge in [0.25, 0.3) is 0 Å². The second-order valence-corrected chi connectivity index (χ2v) is 11.3. The molecule has 2 amide bonds. The Balaban J connectivity index is 1.99. The van der Waals surface area contributed by atoms with E-state index in [1.807, 2.05) is 0 Å². The normalized spacial score (nSPS) is 16.8. The average molecular weight is 517 g/mol. The van der Waals surface area contributed by atoms with Crippen molar-refractivity contribution in [1.82, 2.24) is 20.4 Å². The zero-order valence-electron chi connectivity index (χ0n) is 21.9. The number of carbonyl (C=O) groups excluding carboxylic acids is 2. The summed E-state index contributed by atoms with van der Waals surface area (Å²) in [6.45, 7) is 12.3. The third-order valence-electron chi connectivity index (χ3n) is 6.54. The molecule has 0 saturated carbocycles. The highest BCUT2D eigenvalue weighted by Gasteiger charge is 2.16. The number of amides is 2. The van der Waals surface area contributed by atoms with Gasteiger partial charge in [-0.15, -0.1) is 0 Å². The standard InChI is InChI=1S/C26H52N4O2S2/c1-3-5-7-11-23(33)21-25(31)27-13-9-15-29-17-19-30(20-18-29)16-10-14-28-26(32)22-24(34)12-8-6-4-2/h23-24,33-34H,3-22H2,1-2H3,(H,27,31)(H,28,32). The van der Waals surface area contributed by atoms with Gasteiger partial charge in [0.05, 0.1) is 0 Å². The van der Waals surface area contributed by atoms with Crippen LogP contribution in [-0.2, 0) is 9.59 Å². The lowest BCUT2D eigenvalue weighted by Gasteiger charge is -2.34. The van der Waals surface area contributed by atoms with Gasteiger partial charge < -0.3 is 20.4 Å². The topological polar surface area (TPSA) is 64.7 Å². The molecular formula is C26H52N4O2S2. The number of hydrogen-bond acceptors (Lipinski definition) is 6. The summed E-state index contributed by atoms with van der Waals surface area (Å²) in [5.41, 5.74) is 0. The van der Waals surface area contributed by atoms with E-state index in [1.165, 1.54) is 25.7 Å². The molecule has 34 heavy (non-hydrogen) atoms. The summed E-state index contributed by atoms with van der Waals surface area (Å²) in [5.74, 6) is 0.268. The average Bonchev–Trinajstić information content (AvgIpc) is 2.80. The molecule has 1 heterocycles. The summed E-state index contributed by atoms with van der Waals surface area (Å²) in [7, 11) is 0. The van der Waals surface area contributed by atoms with Gasteiger partial charge >= 0.3 is 0 Å². The summed E-state index contributed by atoms with van der Waals surface area (Å²) in [5, 5.41) is 6.48. The molecule has 0 radical (unpaired) electrons. The van der Waals surface area contributed by atoms with Crippen LogP contribution in [0.25, 0.3) is 0 Å². The van der Waals surface area contributed by atoms with Gasteiger partial charge in [-0.05, 0) is 38.8 Å². The number of piperazine rings is 1. The first kappa shape index (κ1) is 31.6. The molecule has 2 N–H and O–H groups in total. The quantitative estimate of drug-likeness (QED) is 0.145. The third-order valence-corrected chi connectivity index (χ3v) is 7.42. The minimum absolute atomic E-state index is 0.134. The van der Waals surface area contributed by atoms with Crippen LogP contribution in [0, 0.1) is 0 Å². The Bertz CT molecular complexity index is 485. The second kappa shape index (κ2) is 20.7. The van der Waals surface area contributed by atoms with E-state index >= 15 is 0 Å². The number of nitrogens with zero attached hydrogens (tertiary/aromatic N) is 2. The number of hydrogen-bond donors (Lipinski definition) is 4. The lowest BCUT2D eigenvalue weighted by molar-refractivity contribution is -0.121. The molecule has 0 aromatic heterocycles. The van der Waals surface area contributed by atoms with Crippen molar-refractivity contribution in [3.8, 4) is 0 Å². The van der Waals surface area contributed by atoms with Gasteiger partial charge in [0.1, 0.15) is 0 Å². The van der Waals surface area contributed by atoms with E-state index in [0.29, 0.717) is 12.8 Å². The number of thiol groups is 2. The van der Waals surface area contributed by atoms with Crippen molar-refractivity contribution in [2.24, 2.45) is 0 Å². The summed E-state index contributed by atoms with van der Waals surface area (Å²) < 4.78 is 0. The molecule has 1 rings (SSSR count). The van der Waals surface area contributed by atoms with Gasteiger partial charge in [-0.2, -0.15) is 25.3 Å². The first-order valence-electron chi connectivity index (χ1n) is 13.8. The molecule has 0 aromatic rings. The van der Waals surface area contributed by atoms with E-state index in [1.54, 1.807) is 0 Å². The Hall–Kier alpha value is -0.440. The lowest BCUT2D eigenvalue weighted by atomic mass is 10.1. The minimum Gasteiger partial charge on any atom is -0.356 e. The summed E-state index contributed by atoms with van der Waals surface area (Å²) in [6.07, 6.45) is 12.3. The van der Waals surface area contributed by atoms with Crippen LogP contribution < -0.4 is 10.6 Å². The van der Waals surface area contributed by atoms with Crippen LogP contribution in [-0.4, -0.2) is 84.5 Å². The van der Waals surface area contributed by atoms with Crippen LogP contribution in [0.4, 0.5) is 0 Å². The van der Waals surface area contributed by atoms with Crippen molar-refractivity contribution in [1.29, 1.82) is 0 Å². The van der Waals surface area contributed by atoms with Crippen molar-refractivity contribution in [2.45, 2.75) is 101 Å². The van der Waals surface area contributed by atoms with Crippen molar-refractivity contribution >= 4 is 37.1 Å². The number of carbonyl (C=O) groups is 2. The molecule has 0 aromatic carbocycles. The molecule has 1 aliphatic heterocycles. The SMILES string of the molecule is CCCCCC(S)CC(=O)NCCCN1CCN(CCCNC(=O)CC(S)CCCCC)CC1. The highest BCUT2D eigenvalue weighted by Crippen LogP contribution is 2.13. The molecule has 1 saturated heterocycles. The largest absolute Gasteiger partial charge is 0.356 e. The van der Waals surface area contributed by atoms with Crippen molar-refractivity contribution in [3.63, 3.8) is 0 Å². The predicted molar refractivity (Wildman–Crippen MR) is 151 cm³/mol. The Morgan fingerprint density at radius 2 is 1.06 bits per heavy atom. The second-order valence-electron chi connectivity index (χ2n) is 9.80. The highest BCUT2D eigenvalue weighted by molar-refractivity contribution is 7.81. The van der Waals surface area contributed by atoms with Gasteiger partial charge in [0.2, 0.25) is 11.8 Å². The Morgan fingerprint density at radius 3 is 1.41 bits per heavy atom. The molecule has 0 bridgehead atoms. The molecule has 1 aliphatic rings. The number of unbranched alkanes of at least 4 members (excludes halogenated alkanes) is 4. The van der Waals surface area contributed by atoms with Gasteiger partial charge in [-0.25, -0.2) is 0 Å². The van der Waals surface area contributed by atoms with Crippen LogP contribution in [0.2, 0.25) is 0 Å². The zero-order valence-corrected chi connectivity index (χ0v) is 23.7. The van der Waals surface area contributed by atoms with Crippen LogP contribution in [0.1, 0.15) is 90.9 Å².